The summed E-state index contributed by atoms with van der Waals surface area (Å²) in [4.78, 5) is 8.39. The average Bonchev–Trinajstić information content (AvgIpc) is 3.19. The molecule has 0 aliphatic rings. The first kappa shape index (κ1) is 20.6. The maximum atomic E-state index is 14.2. The van der Waals surface area contributed by atoms with Crippen LogP contribution in [-0.4, -0.2) is 36.5 Å². The van der Waals surface area contributed by atoms with Crippen molar-refractivity contribution in [1.29, 1.82) is 0 Å². The van der Waals surface area contributed by atoms with Crippen LogP contribution in [0.1, 0.15) is 6.92 Å². The van der Waals surface area contributed by atoms with E-state index in [2.05, 4.69) is 14.7 Å². The van der Waals surface area contributed by atoms with Crippen molar-refractivity contribution in [2.75, 3.05) is 18.4 Å². The van der Waals surface area contributed by atoms with Gasteiger partial charge in [-0.25, -0.2) is 22.8 Å². The lowest BCUT2D eigenvalue weighted by atomic mass is 10.1. The number of methoxy groups -OCH3 is 1. The zero-order valence-corrected chi connectivity index (χ0v) is 17.6. The van der Waals surface area contributed by atoms with Gasteiger partial charge in [0.1, 0.15) is 5.75 Å². The van der Waals surface area contributed by atoms with E-state index in [0.717, 1.165) is 6.07 Å². The summed E-state index contributed by atoms with van der Waals surface area (Å²) in [6, 6.07) is 10.2. The Morgan fingerprint density at radius 1 is 1.16 bits per heavy atom. The van der Waals surface area contributed by atoms with Crippen molar-refractivity contribution in [3.63, 3.8) is 0 Å². The number of nitrogens with zero attached hydrogens (tertiary/aromatic N) is 3. The van der Waals surface area contributed by atoms with Crippen LogP contribution in [0.15, 0.2) is 66.0 Å². The molecule has 4 rings (SSSR count). The lowest BCUT2D eigenvalue weighted by Crippen LogP contribution is -2.14. The minimum absolute atomic E-state index is 0.0125. The monoisotopic (exact) mass is 442 g/mol. The molecule has 2 aromatic carbocycles. The Morgan fingerprint density at radius 3 is 2.68 bits per heavy atom. The molecule has 160 valence electrons. The Balaban J connectivity index is 1.70. The number of hydrogen-bond acceptors (Lipinski definition) is 6. The fourth-order valence-corrected chi connectivity index (χ4v) is 4.11. The maximum absolute atomic E-state index is 14.2. The second kappa shape index (κ2) is 8.23. The molecule has 0 bridgehead atoms. The molecular formula is C21H19FN4O4S. The predicted molar refractivity (Wildman–Crippen MR) is 113 cm³/mol. The highest BCUT2D eigenvalue weighted by Crippen LogP contribution is 2.32. The fraction of sp³-hybridized carbons (Fsp3) is 0.143. The minimum atomic E-state index is -4.09. The summed E-state index contributed by atoms with van der Waals surface area (Å²) < 4.78 is 54.6. The molecule has 0 aliphatic carbocycles. The van der Waals surface area contributed by atoms with E-state index in [1.165, 1.54) is 19.2 Å². The topological polar surface area (TPSA) is 94.8 Å². The Hall–Kier alpha value is -3.66. The highest BCUT2D eigenvalue weighted by Gasteiger charge is 2.20. The normalized spacial score (nSPS) is 11.5. The molecule has 2 aromatic heterocycles. The lowest BCUT2D eigenvalue weighted by molar-refractivity contribution is 0.321. The van der Waals surface area contributed by atoms with Crippen LogP contribution in [-0.2, 0) is 10.0 Å². The Morgan fingerprint density at radius 2 is 1.97 bits per heavy atom. The van der Waals surface area contributed by atoms with E-state index in [1.54, 1.807) is 48.0 Å². The van der Waals surface area contributed by atoms with Gasteiger partial charge in [-0.3, -0.25) is 9.12 Å². The number of rotatable bonds is 7. The van der Waals surface area contributed by atoms with Crippen LogP contribution >= 0.6 is 0 Å². The van der Waals surface area contributed by atoms with Crippen molar-refractivity contribution in [3.05, 3.63) is 66.9 Å². The minimum Gasteiger partial charge on any atom is -0.495 e. The van der Waals surface area contributed by atoms with Crippen molar-refractivity contribution in [2.24, 2.45) is 0 Å². The van der Waals surface area contributed by atoms with Gasteiger partial charge in [0.15, 0.2) is 11.6 Å². The van der Waals surface area contributed by atoms with Crippen molar-refractivity contribution >= 4 is 21.5 Å². The predicted octanol–water partition coefficient (Wildman–Crippen LogP) is 3.74. The molecule has 1 N–H and O–H groups in total. The van der Waals surface area contributed by atoms with Gasteiger partial charge in [-0.1, -0.05) is 0 Å². The van der Waals surface area contributed by atoms with E-state index >= 15 is 0 Å². The fourth-order valence-electron chi connectivity index (χ4n) is 3.04. The Kier molecular flexibility index (Phi) is 5.47. The van der Waals surface area contributed by atoms with Crippen molar-refractivity contribution in [3.8, 4) is 22.8 Å². The maximum Gasteiger partial charge on any atom is 0.262 e. The molecule has 10 heteroatoms. The van der Waals surface area contributed by atoms with Gasteiger partial charge >= 0.3 is 0 Å². The van der Waals surface area contributed by atoms with Crippen molar-refractivity contribution < 1.29 is 22.3 Å². The van der Waals surface area contributed by atoms with Crippen LogP contribution in [0.5, 0.6) is 11.5 Å². The molecule has 0 saturated heterocycles. The first-order valence-electron chi connectivity index (χ1n) is 9.34. The number of halogens is 1. The van der Waals surface area contributed by atoms with Crippen LogP contribution < -0.4 is 14.2 Å². The SMILES string of the molecule is CCOc1ccc(S(=O)(=O)Nc2cc(-c3cn4cccnc4n3)ccc2OC)cc1F. The molecule has 0 aliphatic heterocycles. The second-order valence-corrected chi connectivity index (χ2v) is 8.18. The average molecular weight is 442 g/mol. The summed E-state index contributed by atoms with van der Waals surface area (Å²) >= 11 is 0. The molecule has 0 radical (unpaired) electrons. The van der Waals surface area contributed by atoms with Gasteiger partial charge in [0.2, 0.25) is 5.78 Å². The van der Waals surface area contributed by atoms with Gasteiger partial charge in [-0.15, -0.1) is 0 Å². The molecule has 31 heavy (non-hydrogen) atoms. The highest BCUT2D eigenvalue weighted by molar-refractivity contribution is 7.92. The molecule has 8 nitrogen and oxygen atoms in total. The van der Waals surface area contributed by atoms with Gasteiger partial charge in [-0.05, 0) is 49.4 Å². The lowest BCUT2D eigenvalue weighted by Gasteiger charge is -2.14. The zero-order chi connectivity index (χ0) is 22.0. The van der Waals surface area contributed by atoms with Crippen LogP contribution in [0.3, 0.4) is 0 Å². The molecule has 0 saturated carbocycles. The molecule has 0 atom stereocenters. The third-order valence-corrected chi connectivity index (χ3v) is 5.85. The third kappa shape index (κ3) is 4.15. The smallest absolute Gasteiger partial charge is 0.262 e. The molecular weight excluding hydrogens is 423 g/mol. The second-order valence-electron chi connectivity index (χ2n) is 6.50. The van der Waals surface area contributed by atoms with E-state index in [0.29, 0.717) is 22.8 Å². The van der Waals surface area contributed by atoms with E-state index in [9.17, 15) is 12.8 Å². The molecule has 0 fully saturated rings. The summed E-state index contributed by atoms with van der Waals surface area (Å²) in [6.45, 7) is 1.98. The van der Waals surface area contributed by atoms with Gasteiger partial charge in [0.05, 0.1) is 30.0 Å². The van der Waals surface area contributed by atoms with Crippen LogP contribution in [0.25, 0.3) is 17.0 Å². The number of imidazole rings is 1. The zero-order valence-electron chi connectivity index (χ0n) is 16.7. The van der Waals surface area contributed by atoms with Crippen molar-refractivity contribution in [1.82, 2.24) is 14.4 Å². The highest BCUT2D eigenvalue weighted by atomic mass is 32.2. The summed E-state index contributed by atoms with van der Waals surface area (Å²) in [7, 11) is -2.66. The van der Waals surface area contributed by atoms with Crippen LogP contribution in [0.2, 0.25) is 0 Å². The van der Waals surface area contributed by atoms with E-state index in [4.69, 9.17) is 9.47 Å². The number of hydrogen-bond donors (Lipinski definition) is 1. The largest absolute Gasteiger partial charge is 0.495 e. The number of fused-ring (bicyclic) bond motifs is 1. The number of sulfonamides is 1. The van der Waals surface area contributed by atoms with Crippen molar-refractivity contribution in [2.45, 2.75) is 11.8 Å². The summed E-state index contributed by atoms with van der Waals surface area (Å²) in [5.41, 5.74) is 1.45. The van der Waals surface area contributed by atoms with E-state index < -0.39 is 15.8 Å². The van der Waals surface area contributed by atoms with E-state index in [-0.39, 0.29) is 22.9 Å². The number of anilines is 1. The summed E-state index contributed by atoms with van der Waals surface area (Å²) in [5, 5.41) is 0. The van der Waals surface area contributed by atoms with Crippen LogP contribution in [0.4, 0.5) is 10.1 Å². The molecule has 0 unspecified atom stereocenters. The molecule has 2 heterocycles. The van der Waals surface area contributed by atoms with Gasteiger partial charge in [0, 0.05) is 24.2 Å². The number of nitrogens with one attached hydrogen (secondary N) is 1. The number of aromatic nitrogens is 3. The van der Waals surface area contributed by atoms with E-state index in [1.807, 2.05) is 6.20 Å². The quantitative estimate of drug-likeness (QED) is 0.469. The van der Waals surface area contributed by atoms with Gasteiger partial charge < -0.3 is 9.47 Å². The number of benzene rings is 2. The summed E-state index contributed by atoms with van der Waals surface area (Å²) in [6.07, 6.45) is 5.23. The van der Waals surface area contributed by atoms with Gasteiger partial charge in [-0.2, -0.15) is 0 Å². The Labute approximate surface area is 178 Å². The first-order chi connectivity index (χ1) is 14.9. The van der Waals surface area contributed by atoms with Crippen LogP contribution in [0, 0.1) is 5.82 Å². The standard InChI is InChI=1S/C21H19FN4O4S/c1-3-30-19-8-6-15(12-16(19)22)31(27,28)25-17-11-14(5-7-20(17)29-2)18-13-26-10-4-9-23-21(26)24-18/h4-13,25H,3H2,1-2H3. The first-order valence-corrected chi connectivity index (χ1v) is 10.8. The third-order valence-electron chi connectivity index (χ3n) is 4.49. The molecule has 4 aromatic rings. The molecule has 0 amide bonds. The van der Waals surface area contributed by atoms with Gasteiger partial charge in [0.25, 0.3) is 10.0 Å². The molecule has 0 spiro atoms. The number of ether oxygens (including phenoxy) is 2. The summed E-state index contributed by atoms with van der Waals surface area (Å²) in [5.74, 6) is 0.0464. The Bertz CT molecular complexity index is 1320.